The second kappa shape index (κ2) is 10.9. The first-order chi connectivity index (χ1) is 23.7. The summed E-state index contributed by atoms with van der Waals surface area (Å²) in [6, 6.07) is 56.8. The highest BCUT2D eigenvalue weighted by Gasteiger charge is 2.19. The number of fused-ring (bicyclic) bond motifs is 6. The van der Waals surface area contributed by atoms with Crippen molar-refractivity contribution >= 4 is 49.3 Å². The Morgan fingerprint density at radius 1 is 0.458 bits per heavy atom. The van der Waals surface area contributed by atoms with Crippen molar-refractivity contribution in [1.29, 1.82) is 5.26 Å². The molecule has 0 spiro atoms. The molecule has 0 saturated carbocycles. The van der Waals surface area contributed by atoms with Gasteiger partial charge in [-0.3, -0.25) is 0 Å². The van der Waals surface area contributed by atoms with Gasteiger partial charge in [0.25, 0.3) is 0 Å². The number of para-hydroxylation sites is 4. The molecular weight excluding hydrogens is 585 g/mol. The fourth-order valence-electron chi connectivity index (χ4n) is 7.31. The molecule has 9 rings (SSSR count). The number of hydrogen-bond donors (Lipinski definition) is 0. The lowest BCUT2D eigenvalue weighted by molar-refractivity contribution is 1.17. The van der Waals surface area contributed by atoms with Crippen LogP contribution in [0.3, 0.4) is 0 Å². The van der Waals surface area contributed by atoms with E-state index >= 15 is 0 Å². The summed E-state index contributed by atoms with van der Waals surface area (Å²) in [5, 5.41) is 14.9. The predicted molar refractivity (Wildman–Crippen MR) is 197 cm³/mol. The minimum absolute atomic E-state index is 0.563. The van der Waals surface area contributed by atoms with Gasteiger partial charge in [0.1, 0.15) is 6.07 Å². The van der Waals surface area contributed by atoms with Gasteiger partial charge in [0.2, 0.25) is 0 Å². The van der Waals surface area contributed by atoms with Crippen LogP contribution >= 0.6 is 0 Å². The van der Waals surface area contributed by atoms with Gasteiger partial charge in [0.05, 0.1) is 40.1 Å². The molecule has 0 bridgehead atoms. The van der Waals surface area contributed by atoms with Gasteiger partial charge in [-0.15, -0.1) is 0 Å². The van der Waals surface area contributed by atoms with E-state index in [4.69, 9.17) is 6.57 Å². The fourth-order valence-corrected chi connectivity index (χ4v) is 7.31. The molecule has 2 heterocycles. The maximum absolute atomic E-state index is 10.4. The van der Waals surface area contributed by atoms with Crippen molar-refractivity contribution in [3.05, 3.63) is 175 Å². The molecule has 7 aromatic carbocycles. The van der Waals surface area contributed by atoms with Crippen molar-refractivity contribution in [2.45, 2.75) is 0 Å². The van der Waals surface area contributed by atoms with E-state index in [1.807, 2.05) is 42.5 Å². The molecule has 48 heavy (non-hydrogen) atoms. The first-order valence-corrected chi connectivity index (χ1v) is 15.9. The van der Waals surface area contributed by atoms with Gasteiger partial charge < -0.3 is 9.13 Å². The maximum Gasteiger partial charge on any atom is 0.189 e. The van der Waals surface area contributed by atoms with Crippen molar-refractivity contribution < 1.29 is 0 Å². The van der Waals surface area contributed by atoms with Gasteiger partial charge in [0, 0.05) is 32.6 Å². The quantitative estimate of drug-likeness (QED) is 0.183. The molecule has 0 amide bonds. The van der Waals surface area contributed by atoms with Crippen LogP contribution in [0.15, 0.2) is 158 Å². The highest BCUT2D eigenvalue weighted by molar-refractivity contribution is 6.11. The molecule has 4 heteroatoms. The number of rotatable bonds is 4. The van der Waals surface area contributed by atoms with Crippen LogP contribution in [-0.4, -0.2) is 9.13 Å². The lowest BCUT2D eigenvalue weighted by atomic mass is 9.92. The van der Waals surface area contributed by atoms with Gasteiger partial charge in [-0.05, 0) is 59.2 Å². The molecule has 0 N–H and O–H groups in total. The third-order valence-corrected chi connectivity index (χ3v) is 9.40. The Kier molecular flexibility index (Phi) is 6.22. The van der Waals surface area contributed by atoms with E-state index in [0.29, 0.717) is 11.3 Å². The summed E-state index contributed by atoms with van der Waals surface area (Å²) < 4.78 is 4.50. The van der Waals surface area contributed by atoms with Crippen LogP contribution in [0.25, 0.3) is 82.1 Å². The minimum Gasteiger partial charge on any atom is -0.309 e. The van der Waals surface area contributed by atoms with Gasteiger partial charge >= 0.3 is 0 Å². The molecule has 222 valence electrons. The average Bonchev–Trinajstić information content (AvgIpc) is 3.67. The van der Waals surface area contributed by atoms with Crippen LogP contribution < -0.4 is 0 Å². The van der Waals surface area contributed by atoms with Crippen molar-refractivity contribution in [2.75, 3.05) is 0 Å². The van der Waals surface area contributed by atoms with E-state index in [0.717, 1.165) is 66.5 Å². The average molecular weight is 611 g/mol. The third-order valence-electron chi connectivity index (χ3n) is 9.40. The lowest BCUT2D eigenvalue weighted by Gasteiger charge is -2.18. The van der Waals surface area contributed by atoms with E-state index in [-0.39, 0.29) is 0 Å². The van der Waals surface area contributed by atoms with Gasteiger partial charge in [0.15, 0.2) is 5.69 Å². The first kappa shape index (κ1) is 27.4. The maximum atomic E-state index is 10.4. The van der Waals surface area contributed by atoms with Crippen LogP contribution in [0.2, 0.25) is 0 Å². The van der Waals surface area contributed by atoms with Crippen molar-refractivity contribution in [3.63, 3.8) is 0 Å². The highest BCUT2D eigenvalue weighted by Crippen LogP contribution is 2.41. The molecule has 0 atom stereocenters. The van der Waals surface area contributed by atoms with Crippen molar-refractivity contribution in [3.8, 4) is 39.7 Å². The molecular formula is C44H26N4. The highest BCUT2D eigenvalue weighted by atomic mass is 15.0. The normalized spacial score (nSPS) is 11.3. The van der Waals surface area contributed by atoms with Crippen molar-refractivity contribution in [2.24, 2.45) is 0 Å². The minimum atomic E-state index is 0.563. The molecule has 4 nitrogen and oxygen atoms in total. The lowest BCUT2D eigenvalue weighted by Crippen LogP contribution is -2.00. The number of hydrogen-bond acceptors (Lipinski definition) is 1. The smallest absolute Gasteiger partial charge is 0.189 e. The summed E-state index contributed by atoms with van der Waals surface area (Å²) in [4.78, 5) is 3.72. The monoisotopic (exact) mass is 610 g/mol. The zero-order chi connectivity index (χ0) is 32.2. The Bertz CT molecular complexity index is 2760. The summed E-state index contributed by atoms with van der Waals surface area (Å²) >= 11 is 0. The third kappa shape index (κ3) is 4.07. The SMILES string of the molecule is [C-]#[N+]c1ccc2c3ccccc3n(-c3cc(-c4ccccc4-c4ccccc4-n4c5ccccc5c5ccccc54)ccc3C#N)c2c1. The molecule has 0 unspecified atom stereocenters. The Morgan fingerprint density at radius 2 is 0.979 bits per heavy atom. The van der Waals surface area contributed by atoms with Gasteiger partial charge in [-0.2, -0.15) is 5.26 Å². The van der Waals surface area contributed by atoms with Crippen LogP contribution in [0.1, 0.15) is 5.56 Å². The summed E-state index contributed by atoms with van der Waals surface area (Å²) in [6.07, 6.45) is 0. The molecule has 9 aromatic rings. The van der Waals surface area contributed by atoms with E-state index in [2.05, 4.69) is 135 Å². The van der Waals surface area contributed by atoms with Gasteiger partial charge in [-0.1, -0.05) is 115 Å². The summed E-state index contributed by atoms with van der Waals surface area (Å²) in [5.41, 5.74) is 11.5. The number of nitrogens with zero attached hydrogens (tertiary/aromatic N) is 4. The Balaban J connectivity index is 1.29. The molecule has 2 aromatic heterocycles. The predicted octanol–water partition coefficient (Wildman–Crippen LogP) is 11.6. The molecule has 0 aliphatic heterocycles. The molecule has 0 aliphatic rings. The Hall–Kier alpha value is -6.88. The molecule has 0 fully saturated rings. The Labute approximate surface area is 277 Å². The summed E-state index contributed by atoms with van der Waals surface area (Å²) in [6.45, 7) is 7.68. The number of nitriles is 1. The van der Waals surface area contributed by atoms with E-state index < -0.39 is 0 Å². The first-order valence-electron chi connectivity index (χ1n) is 15.9. The molecule has 0 aliphatic carbocycles. The van der Waals surface area contributed by atoms with Crippen LogP contribution in [0.4, 0.5) is 5.69 Å². The second-order valence-electron chi connectivity index (χ2n) is 11.9. The van der Waals surface area contributed by atoms with Crippen LogP contribution in [0, 0.1) is 17.9 Å². The fraction of sp³-hybridized carbons (Fsp3) is 0. The summed E-state index contributed by atoms with van der Waals surface area (Å²) in [7, 11) is 0. The topological polar surface area (TPSA) is 38.0 Å². The molecule has 0 radical (unpaired) electrons. The second-order valence-corrected chi connectivity index (χ2v) is 11.9. The zero-order valence-electron chi connectivity index (χ0n) is 25.8. The van der Waals surface area contributed by atoms with Crippen LogP contribution in [0.5, 0.6) is 0 Å². The largest absolute Gasteiger partial charge is 0.309 e. The van der Waals surface area contributed by atoms with E-state index in [1.165, 1.54) is 10.8 Å². The Morgan fingerprint density at radius 3 is 1.60 bits per heavy atom. The zero-order valence-corrected chi connectivity index (χ0v) is 25.8. The standard InChI is InChI=1S/C44H26N4/c1-46-31-24-25-38-37-17-7-11-21-42(37)48(44(38)27-31)43-26-29(22-23-30(43)28-45)32-12-2-3-13-33(32)34-14-4-8-18-39(34)47-40-19-9-5-15-35(40)36-16-6-10-20-41(36)47/h2-27H. The summed E-state index contributed by atoms with van der Waals surface area (Å²) in [5.74, 6) is 0. The van der Waals surface area contributed by atoms with Gasteiger partial charge in [-0.25, -0.2) is 4.85 Å². The molecule has 0 saturated heterocycles. The van der Waals surface area contributed by atoms with Crippen LogP contribution in [-0.2, 0) is 0 Å². The number of benzene rings is 7. The van der Waals surface area contributed by atoms with Crippen molar-refractivity contribution in [1.82, 2.24) is 9.13 Å². The van der Waals surface area contributed by atoms with E-state index in [9.17, 15) is 5.26 Å². The van der Waals surface area contributed by atoms with E-state index in [1.54, 1.807) is 0 Å². The number of aromatic nitrogens is 2.